The van der Waals surface area contributed by atoms with Gasteiger partial charge in [-0.2, -0.15) is 5.10 Å². The van der Waals surface area contributed by atoms with Gasteiger partial charge in [-0.1, -0.05) is 55.8 Å². The van der Waals surface area contributed by atoms with E-state index in [1.54, 1.807) is 6.20 Å². The summed E-state index contributed by atoms with van der Waals surface area (Å²) in [6.07, 6.45) is 4.54. The SMILES string of the molecule is CCCC[C@@H](Sc1nncc2ccccc12)C(N)=O. The van der Waals surface area contributed by atoms with E-state index in [0.29, 0.717) is 0 Å². The summed E-state index contributed by atoms with van der Waals surface area (Å²) in [5.74, 6) is -0.284. The molecule has 0 aliphatic heterocycles. The van der Waals surface area contributed by atoms with Gasteiger partial charge in [-0.25, -0.2) is 0 Å². The first-order valence-electron chi connectivity index (χ1n) is 6.38. The van der Waals surface area contributed by atoms with Crippen molar-refractivity contribution in [3.8, 4) is 0 Å². The summed E-state index contributed by atoms with van der Waals surface area (Å²) in [4.78, 5) is 11.5. The fraction of sp³-hybridized carbons (Fsp3) is 0.357. The summed E-state index contributed by atoms with van der Waals surface area (Å²) in [5, 5.41) is 10.7. The van der Waals surface area contributed by atoms with E-state index >= 15 is 0 Å². The quantitative estimate of drug-likeness (QED) is 0.823. The molecule has 1 atom stereocenters. The van der Waals surface area contributed by atoms with Crippen molar-refractivity contribution in [2.24, 2.45) is 5.73 Å². The van der Waals surface area contributed by atoms with E-state index in [-0.39, 0.29) is 11.2 Å². The number of benzene rings is 1. The van der Waals surface area contributed by atoms with E-state index in [4.69, 9.17) is 5.73 Å². The Labute approximate surface area is 116 Å². The van der Waals surface area contributed by atoms with Gasteiger partial charge in [-0.15, -0.1) is 5.10 Å². The van der Waals surface area contributed by atoms with Gasteiger partial charge in [0.1, 0.15) is 5.03 Å². The number of fused-ring (bicyclic) bond motifs is 1. The lowest BCUT2D eigenvalue weighted by Crippen LogP contribution is -2.25. The molecule has 2 aromatic rings. The van der Waals surface area contributed by atoms with Gasteiger partial charge in [-0.05, 0) is 6.42 Å². The third-order valence-electron chi connectivity index (χ3n) is 2.93. The molecule has 1 aromatic carbocycles. The Morgan fingerprint density at radius 2 is 2.21 bits per heavy atom. The van der Waals surface area contributed by atoms with Gasteiger partial charge in [0.25, 0.3) is 0 Å². The van der Waals surface area contributed by atoms with Crippen LogP contribution in [0.1, 0.15) is 26.2 Å². The molecule has 0 spiro atoms. The van der Waals surface area contributed by atoms with Crippen molar-refractivity contribution in [3.63, 3.8) is 0 Å². The zero-order valence-corrected chi connectivity index (χ0v) is 11.7. The molecule has 0 bridgehead atoms. The number of nitrogens with zero attached hydrogens (tertiary/aromatic N) is 2. The Hall–Kier alpha value is -1.62. The second-order valence-electron chi connectivity index (χ2n) is 4.39. The molecule has 0 aliphatic carbocycles. The van der Waals surface area contributed by atoms with E-state index in [2.05, 4.69) is 17.1 Å². The zero-order chi connectivity index (χ0) is 13.7. The molecular weight excluding hydrogens is 258 g/mol. The van der Waals surface area contributed by atoms with Crippen LogP contribution in [-0.4, -0.2) is 21.4 Å². The lowest BCUT2D eigenvalue weighted by atomic mass is 10.2. The first kappa shape index (κ1) is 13.8. The summed E-state index contributed by atoms with van der Waals surface area (Å²) < 4.78 is 0. The van der Waals surface area contributed by atoms with Gasteiger partial charge in [0.2, 0.25) is 5.91 Å². The number of unbranched alkanes of at least 4 members (excludes halogenated alkanes) is 1. The van der Waals surface area contributed by atoms with Crippen molar-refractivity contribution in [1.29, 1.82) is 0 Å². The van der Waals surface area contributed by atoms with Crippen molar-refractivity contribution >= 4 is 28.4 Å². The van der Waals surface area contributed by atoms with E-state index in [1.807, 2.05) is 24.3 Å². The van der Waals surface area contributed by atoms with Gasteiger partial charge in [0.15, 0.2) is 0 Å². The summed E-state index contributed by atoms with van der Waals surface area (Å²) >= 11 is 1.42. The van der Waals surface area contributed by atoms with Crippen molar-refractivity contribution < 1.29 is 4.79 Å². The molecule has 100 valence electrons. The average molecular weight is 275 g/mol. The highest BCUT2D eigenvalue weighted by Crippen LogP contribution is 2.30. The fourth-order valence-electron chi connectivity index (χ4n) is 1.87. The lowest BCUT2D eigenvalue weighted by Gasteiger charge is -2.12. The van der Waals surface area contributed by atoms with Crippen molar-refractivity contribution in [1.82, 2.24) is 10.2 Å². The summed E-state index contributed by atoms with van der Waals surface area (Å²) in [6, 6.07) is 7.89. The molecule has 5 heteroatoms. The highest BCUT2D eigenvalue weighted by molar-refractivity contribution is 8.00. The van der Waals surface area contributed by atoms with Crippen LogP contribution in [0.25, 0.3) is 10.8 Å². The molecule has 2 N–H and O–H groups in total. The summed E-state index contributed by atoms with van der Waals surface area (Å²) in [6.45, 7) is 2.10. The molecule has 1 amide bonds. The molecule has 0 saturated carbocycles. The second-order valence-corrected chi connectivity index (χ2v) is 5.58. The number of amides is 1. The molecule has 2 rings (SSSR count). The van der Waals surface area contributed by atoms with Crippen LogP contribution in [0.5, 0.6) is 0 Å². The molecule has 1 aromatic heterocycles. The Balaban J connectivity index is 2.26. The maximum atomic E-state index is 11.5. The minimum atomic E-state index is -0.284. The first-order chi connectivity index (χ1) is 9.22. The van der Waals surface area contributed by atoms with Gasteiger partial charge in [0.05, 0.1) is 11.4 Å². The molecule has 4 nitrogen and oxygen atoms in total. The Bertz CT molecular complexity index is 568. The summed E-state index contributed by atoms with van der Waals surface area (Å²) in [7, 11) is 0. The molecule has 0 fully saturated rings. The molecule has 0 radical (unpaired) electrons. The predicted molar refractivity (Wildman–Crippen MR) is 77.9 cm³/mol. The standard InChI is InChI=1S/C14H17N3OS/c1-2-3-8-12(13(15)18)19-14-11-7-5-4-6-10(11)9-16-17-14/h4-7,9,12H,2-3,8H2,1H3,(H2,15,18)/t12-/m1/s1. The minimum Gasteiger partial charge on any atom is -0.369 e. The van der Waals surface area contributed by atoms with Crippen molar-refractivity contribution in [2.75, 3.05) is 0 Å². The fourth-order valence-corrected chi connectivity index (χ4v) is 2.95. The molecule has 19 heavy (non-hydrogen) atoms. The van der Waals surface area contributed by atoms with Crippen molar-refractivity contribution in [2.45, 2.75) is 36.5 Å². The van der Waals surface area contributed by atoms with Crippen LogP contribution in [0.2, 0.25) is 0 Å². The van der Waals surface area contributed by atoms with Crippen LogP contribution in [0, 0.1) is 0 Å². The van der Waals surface area contributed by atoms with Gasteiger partial charge >= 0.3 is 0 Å². The smallest absolute Gasteiger partial charge is 0.230 e. The van der Waals surface area contributed by atoms with Crippen LogP contribution in [0.3, 0.4) is 0 Å². The number of carbonyl (C=O) groups excluding carboxylic acids is 1. The monoisotopic (exact) mass is 275 g/mol. The molecule has 1 heterocycles. The predicted octanol–water partition coefficient (Wildman–Crippen LogP) is 2.77. The van der Waals surface area contributed by atoms with E-state index in [1.165, 1.54) is 11.8 Å². The Kier molecular flexibility index (Phi) is 4.74. The average Bonchev–Trinajstić information content (AvgIpc) is 2.43. The number of hydrogen-bond acceptors (Lipinski definition) is 4. The van der Waals surface area contributed by atoms with E-state index < -0.39 is 0 Å². The highest BCUT2D eigenvalue weighted by atomic mass is 32.2. The van der Waals surface area contributed by atoms with E-state index in [0.717, 1.165) is 35.1 Å². The zero-order valence-electron chi connectivity index (χ0n) is 10.9. The Morgan fingerprint density at radius 1 is 1.42 bits per heavy atom. The number of hydrogen-bond donors (Lipinski definition) is 1. The third kappa shape index (κ3) is 3.44. The van der Waals surface area contributed by atoms with Gasteiger partial charge in [-0.3, -0.25) is 4.79 Å². The topological polar surface area (TPSA) is 68.9 Å². The second kappa shape index (κ2) is 6.52. The molecular formula is C14H17N3OS. The van der Waals surface area contributed by atoms with Gasteiger partial charge in [0, 0.05) is 10.8 Å². The number of carbonyl (C=O) groups is 1. The first-order valence-corrected chi connectivity index (χ1v) is 7.26. The minimum absolute atomic E-state index is 0.236. The van der Waals surface area contributed by atoms with Crippen LogP contribution in [0.4, 0.5) is 0 Å². The number of rotatable bonds is 6. The maximum absolute atomic E-state index is 11.5. The molecule has 0 saturated heterocycles. The van der Waals surface area contributed by atoms with Gasteiger partial charge < -0.3 is 5.73 Å². The Morgan fingerprint density at radius 3 is 2.95 bits per heavy atom. The molecule has 0 aliphatic rings. The number of primary amides is 1. The number of nitrogens with two attached hydrogens (primary N) is 1. The third-order valence-corrected chi connectivity index (χ3v) is 4.21. The molecule has 0 unspecified atom stereocenters. The highest BCUT2D eigenvalue weighted by Gasteiger charge is 2.18. The number of aromatic nitrogens is 2. The normalized spacial score (nSPS) is 12.5. The van der Waals surface area contributed by atoms with Crippen LogP contribution >= 0.6 is 11.8 Å². The van der Waals surface area contributed by atoms with Crippen LogP contribution in [0.15, 0.2) is 35.5 Å². The van der Waals surface area contributed by atoms with Crippen molar-refractivity contribution in [3.05, 3.63) is 30.5 Å². The lowest BCUT2D eigenvalue weighted by molar-refractivity contribution is -0.117. The maximum Gasteiger partial charge on any atom is 0.230 e. The van der Waals surface area contributed by atoms with Crippen LogP contribution in [-0.2, 0) is 4.79 Å². The summed E-state index contributed by atoms with van der Waals surface area (Å²) in [5.41, 5.74) is 5.46. The largest absolute Gasteiger partial charge is 0.369 e. The van der Waals surface area contributed by atoms with E-state index in [9.17, 15) is 4.79 Å². The van der Waals surface area contributed by atoms with Crippen LogP contribution < -0.4 is 5.73 Å². The number of thioether (sulfide) groups is 1.